The van der Waals surface area contributed by atoms with Gasteiger partial charge in [0.2, 0.25) is 82.7 Å². The molecular weight excluding hydrogens is 1380 g/mol. The highest BCUT2D eigenvalue weighted by molar-refractivity contribution is 7.98. The summed E-state index contributed by atoms with van der Waals surface area (Å²) in [6, 6.07) is 0.883. The smallest absolute Gasteiger partial charge is 0.328 e. The van der Waals surface area contributed by atoms with Gasteiger partial charge in [0.1, 0.15) is 66.5 Å². The van der Waals surface area contributed by atoms with Crippen molar-refractivity contribution in [2.24, 2.45) is 5.73 Å². The summed E-state index contributed by atoms with van der Waals surface area (Å²) in [6.07, 6.45) is -0.792. The number of nitrogens with one attached hydrogen (secondary N) is 10. The van der Waals surface area contributed by atoms with Gasteiger partial charge in [-0.05, 0) is 108 Å². The molecule has 0 saturated carbocycles. The number of hydrogen-bond donors (Lipinski definition) is 17. The van der Waals surface area contributed by atoms with Gasteiger partial charge in [0.15, 0.2) is 0 Å². The van der Waals surface area contributed by atoms with Crippen LogP contribution in [0.25, 0.3) is 0 Å². The Morgan fingerprint density at radius 3 is 1.28 bits per heavy atom. The van der Waals surface area contributed by atoms with Crippen LogP contribution >= 0.6 is 11.8 Å². The Kier molecular flexibility index (Phi) is 32.6. The van der Waals surface area contributed by atoms with E-state index in [1.54, 1.807) is 30.3 Å². The number of nitrogens with zero attached hydrogens (tertiary/aromatic N) is 4. The first-order valence-corrected chi connectivity index (χ1v) is 35.8. The lowest BCUT2D eigenvalue weighted by Crippen LogP contribution is -2.63. The van der Waals surface area contributed by atoms with Gasteiger partial charge in [-0.3, -0.25) is 67.1 Å². The molecular formula is C67H97N15O21S. The molecule has 0 radical (unpaired) electrons. The second-order valence-electron chi connectivity index (χ2n) is 26.0. The van der Waals surface area contributed by atoms with E-state index >= 15 is 0 Å². The molecule has 36 nitrogen and oxygen atoms in total. The van der Waals surface area contributed by atoms with Gasteiger partial charge in [-0.1, -0.05) is 60.7 Å². The van der Waals surface area contributed by atoms with Crippen LogP contribution in [0.3, 0.4) is 0 Å². The third-order valence-corrected chi connectivity index (χ3v) is 18.9. The summed E-state index contributed by atoms with van der Waals surface area (Å²) >= 11 is 1.42. The average Bonchev–Trinajstić information content (AvgIpc) is 1.58. The highest BCUT2D eigenvalue weighted by atomic mass is 32.2. The van der Waals surface area contributed by atoms with Crippen molar-refractivity contribution in [1.82, 2.24) is 72.8 Å². The third kappa shape index (κ3) is 23.6. The molecule has 104 heavy (non-hydrogen) atoms. The van der Waals surface area contributed by atoms with Gasteiger partial charge < -0.3 is 109 Å². The Morgan fingerprint density at radius 2 is 0.827 bits per heavy atom. The highest BCUT2D eigenvalue weighted by Crippen LogP contribution is 2.25. The summed E-state index contributed by atoms with van der Waals surface area (Å²) < 4.78 is 0. The van der Waals surface area contributed by atoms with Gasteiger partial charge in [-0.2, -0.15) is 11.8 Å². The van der Waals surface area contributed by atoms with Crippen LogP contribution in [0, 0.1) is 0 Å². The summed E-state index contributed by atoms with van der Waals surface area (Å²) in [4.78, 5) is 207. The monoisotopic (exact) mass is 1480 g/mol. The fraction of sp³-hybridized carbons (Fsp3) is 0.597. The molecule has 18 N–H and O–H groups in total. The lowest BCUT2D eigenvalue weighted by atomic mass is 10.0. The molecule has 4 aliphatic heterocycles. The van der Waals surface area contributed by atoms with Crippen molar-refractivity contribution in [2.45, 2.75) is 182 Å². The summed E-state index contributed by atoms with van der Waals surface area (Å²) in [5, 5.41) is 84.9. The van der Waals surface area contributed by atoms with E-state index in [1.807, 2.05) is 36.6 Å². The molecule has 15 atom stereocenters. The quantitative estimate of drug-likeness (QED) is 0.0299. The molecule has 0 bridgehead atoms. The minimum Gasteiger partial charge on any atom is -0.480 e. The van der Waals surface area contributed by atoms with Gasteiger partial charge >= 0.3 is 5.97 Å². The molecule has 4 fully saturated rings. The molecule has 0 spiro atoms. The first-order chi connectivity index (χ1) is 49.5. The number of hydrogen-bond acceptors (Lipinski definition) is 22. The topological polar surface area (TPSA) is 537 Å². The molecule has 14 amide bonds. The zero-order valence-corrected chi connectivity index (χ0v) is 59.2. The van der Waals surface area contributed by atoms with Crippen LogP contribution in [0.15, 0.2) is 60.7 Å². The van der Waals surface area contributed by atoms with Crippen LogP contribution in [-0.4, -0.2) is 301 Å². The molecule has 37 heteroatoms. The maximum atomic E-state index is 14.4. The van der Waals surface area contributed by atoms with E-state index in [4.69, 9.17) is 5.73 Å². The molecule has 4 saturated heterocycles. The second kappa shape index (κ2) is 40.6. The van der Waals surface area contributed by atoms with E-state index in [0.717, 1.165) is 24.3 Å². The predicted molar refractivity (Wildman–Crippen MR) is 370 cm³/mol. The van der Waals surface area contributed by atoms with Crippen LogP contribution in [-0.2, 0) is 84.8 Å². The average molecular weight is 1480 g/mol. The molecule has 0 aromatic heterocycles. The van der Waals surface area contributed by atoms with E-state index < -0.39 is 212 Å². The molecule has 0 aliphatic carbocycles. The third-order valence-electron chi connectivity index (χ3n) is 18.2. The maximum absolute atomic E-state index is 14.4. The van der Waals surface area contributed by atoms with Crippen LogP contribution in [0.1, 0.15) is 89.7 Å². The summed E-state index contributed by atoms with van der Waals surface area (Å²) in [5.41, 5.74) is 7.80. The minimum absolute atomic E-state index is 0.0292. The number of likely N-dealkylation sites (tertiary alicyclic amines) is 4. The molecule has 0 unspecified atom stereocenters. The van der Waals surface area contributed by atoms with Crippen LogP contribution in [0.2, 0.25) is 0 Å². The van der Waals surface area contributed by atoms with Gasteiger partial charge in [-0.25, -0.2) is 4.79 Å². The van der Waals surface area contributed by atoms with E-state index in [1.165, 1.54) is 33.4 Å². The van der Waals surface area contributed by atoms with Crippen LogP contribution < -0.4 is 58.9 Å². The Balaban J connectivity index is 0.974. The number of rotatable bonds is 37. The van der Waals surface area contributed by atoms with Gasteiger partial charge in [0, 0.05) is 32.6 Å². The summed E-state index contributed by atoms with van der Waals surface area (Å²) in [7, 11) is 0. The number of benzene rings is 2. The lowest BCUT2D eigenvalue weighted by molar-refractivity contribution is -0.146. The number of amides is 14. The summed E-state index contributed by atoms with van der Waals surface area (Å²) in [5.74, 6) is -13.2. The van der Waals surface area contributed by atoms with Gasteiger partial charge in [0.25, 0.3) is 0 Å². The van der Waals surface area contributed by atoms with E-state index in [9.17, 15) is 103 Å². The van der Waals surface area contributed by atoms with Gasteiger partial charge in [-0.15, -0.1) is 0 Å². The number of aliphatic hydroxyl groups is 5. The normalized spacial score (nSPS) is 20.2. The molecule has 4 aliphatic rings. The Labute approximate surface area is 604 Å². The second-order valence-corrected chi connectivity index (χ2v) is 27.0. The zero-order valence-electron chi connectivity index (χ0n) is 58.4. The van der Waals surface area contributed by atoms with Gasteiger partial charge in [0.05, 0.1) is 57.2 Å². The van der Waals surface area contributed by atoms with Crippen molar-refractivity contribution < 1.29 is 103 Å². The fourth-order valence-electron chi connectivity index (χ4n) is 12.6. The Bertz CT molecular complexity index is 3380. The van der Waals surface area contributed by atoms with Crippen LogP contribution in [0.4, 0.5) is 0 Å². The number of carboxylic acid groups (broad SMARTS) is 1. The van der Waals surface area contributed by atoms with Crippen molar-refractivity contribution in [2.75, 3.05) is 71.0 Å². The summed E-state index contributed by atoms with van der Waals surface area (Å²) in [6.45, 7) is -0.505. The number of nitrogens with two attached hydrogens (primary N) is 1. The Morgan fingerprint density at radius 1 is 0.442 bits per heavy atom. The Hall–Kier alpha value is -9.40. The number of carbonyl (C=O) groups excluding carboxylic acids is 14. The first-order valence-electron chi connectivity index (χ1n) is 34.5. The van der Waals surface area contributed by atoms with E-state index in [-0.39, 0.29) is 71.1 Å². The molecule has 4 heterocycles. The predicted octanol–water partition coefficient (Wildman–Crippen LogP) is -7.53. The molecule has 2 aromatic carbocycles. The zero-order chi connectivity index (χ0) is 76.5. The van der Waals surface area contributed by atoms with Crippen molar-refractivity contribution >= 4 is 100 Å². The van der Waals surface area contributed by atoms with Crippen molar-refractivity contribution in [3.63, 3.8) is 0 Å². The lowest BCUT2D eigenvalue weighted by Gasteiger charge is -2.33. The molecule has 2 aromatic rings. The van der Waals surface area contributed by atoms with Crippen molar-refractivity contribution in [3.8, 4) is 0 Å². The molecule has 6 rings (SSSR count). The molecule has 572 valence electrons. The number of carboxylic acids is 1. The number of aliphatic hydroxyl groups excluding tert-OH is 5. The highest BCUT2D eigenvalue weighted by Gasteiger charge is 2.46. The van der Waals surface area contributed by atoms with Crippen LogP contribution in [0.5, 0.6) is 0 Å². The standard InChI is InChI=1S/C67H97N15O21S/c1-36(85)53(61(96)71-32-51(89)69-31-50(88)70-33-52(90)72-43(30-40-17-9-6-10-18-40)65(100)81-26-12-20-47(81)59(94)75-45(35-84)67(102)103)76-56(91)44(34-83)74-58(93)48-21-14-27-82(48)66(101)55(38(3)87)78-62(97)54(37(2)86)77-60(95)49-22-13-25-80(49)64(99)42(23-28-104-4)73-57(92)46-19-11-24-79(46)63(98)41(68)29-39-15-7-5-8-16-39/h5-10,15-18,36-38,41-49,53-55,83-87H,11-14,19-35,68H2,1-4H3,(H,69,89)(H,70,88)(H,71,96)(H,72,90)(H,73,92)(H,74,93)(H,75,94)(H,76,91)(H,77,95)(H,78,97)(H,102,103)/t36-,37-,38-,41+,42+,43+,44+,45+,46+,47+,48+,49+,53+,54+,55+/m1/s1. The van der Waals surface area contributed by atoms with E-state index in [0.29, 0.717) is 37.0 Å². The first kappa shape index (κ1) is 83.5. The van der Waals surface area contributed by atoms with Crippen molar-refractivity contribution in [1.29, 1.82) is 0 Å². The fourth-order valence-corrected chi connectivity index (χ4v) is 13.1. The number of aliphatic carboxylic acids is 1. The maximum Gasteiger partial charge on any atom is 0.328 e. The number of thioether (sulfide) groups is 1. The minimum atomic E-state index is -1.83. The number of carbonyl (C=O) groups is 15. The SMILES string of the molecule is CSCC[C@H](NC(=O)[C@@H]1CCCN1C(=O)[C@@H](N)Cc1ccccc1)C(=O)N1CCC[C@H]1C(=O)N[C@H](C(=O)N[C@H](C(=O)N1CCC[C@H]1C(=O)N[C@@H](CO)C(=O)N[C@H](C(=O)NCC(=O)NCC(=O)NCC(=O)N[C@@H](Cc1ccccc1)C(=O)N1CCC[C@H]1C(=O)N[C@@H](CO)C(=O)O)[C@@H](C)O)[C@@H](C)O)[C@@H](C)O. The van der Waals surface area contributed by atoms with E-state index in [2.05, 4.69) is 53.2 Å². The largest absolute Gasteiger partial charge is 0.480 e. The van der Waals surface area contributed by atoms with Crippen molar-refractivity contribution in [3.05, 3.63) is 71.8 Å².